The highest BCUT2D eigenvalue weighted by atomic mass is 16.5. The maximum Gasteiger partial charge on any atom is 0.143 e. The first-order valence-electron chi connectivity index (χ1n) is 6.42. The normalized spacial score (nSPS) is 10.5. The van der Waals surface area contributed by atoms with E-state index in [1.165, 1.54) is 0 Å². The average molecular weight is 257 g/mol. The topological polar surface area (TPSA) is 47.0 Å². The molecule has 4 heteroatoms. The lowest BCUT2D eigenvalue weighted by molar-refractivity contribution is 0.415. The molecule has 0 spiro atoms. The van der Waals surface area contributed by atoms with Crippen LogP contribution in [0.15, 0.2) is 30.3 Å². The smallest absolute Gasteiger partial charge is 0.143 e. The van der Waals surface area contributed by atoms with Crippen molar-refractivity contribution < 1.29 is 4.74 Å². The van der Waals surface area contributed by atoms with Crippen LogP contribution in [-0.4, -0.2) is 23.6 Å². The highest BCUT2D eigenvalue weighted by molar-refractivity contribution is 5.60. The molecule has 0 atom stereocenters. The first-order valence-corrected chi connectivity index (χ1v) is 6.42. The summed E-state index contributed by atoms with van der Waals surface area (Å²) in [5.74, 6) is 1.68. The molecular weight excluding hydrogens is 238 g/mol. The number of ether oxygens (including phenoxy) is 1. The third-order valence-electron chi connectivity index (χ3n) is 2.82. The van der Waals surface area contributed by atoms with E-state index in [1.807, 2.05) is 37.3 Å². The molecule has 0 radical (unpaired) electrons. The monoisotopic (exact) mass is 257 g/mol. The van der Waals surface area contributed by atoms with E-state index >= 15 is 0 Å². The lowest BCUT2D eigenvalue weighted by Gasteiger charge is -2.07. The molecule has 1 aromatic carbocycles. The minimum Gasteiger partial charge on any atom is -0.497 e. The molecule has 2 aromatic rings. The molecule has 4 nitrogen and oxygen atoms in total. The highest BCUT2D eigenvalue weighted by Crippen LogP contribution is 2.21. The number of benzene rings is 1. The molecule has 1 N–H and O–H groups in total. The Hall–Kier alpha value is -1.94. The van der Waals surface area contributed by atoms with Crippen LogP contribution < -0.4 is 10.1 Å². The van der Waals surface area contributed by atoms with Crippen molar-refractivity contribution in [1.29, 1.82) is 0 Å². The fraction of sp³-hybridized carbons (Fsp3) is 0.333. The predicted octanol–water partition coefficient (Wildman–Crippen LogP) is 2.57. The van der Waals surface area contributed by atoms with Gasteiger partial charge in [-0.05, 0) is 43.8 Å². The third kappa shape index (κ3) is 3.51. The van der Waals surface area contributed by atoms with E-state index in [2.05, 4.69) is 22.2 Å². The maximum atomic E-state index is 5.16. The molecule has 0 aliphatic carbocycles. The number of aromatic nitrogens is 2. The average Bonchev–Trinajstić information content (AvgIpc) is 2.44. The summed E-state index contributed by atoms with van der Waals surface area (Å²) in [5, 5.41) is 3.24. The molecule has 0 saturated heterocycles. The van der Waals surface area contributed by atoms with Crippen LogP contribution in [0, 0.1) is 6.92 Å². The van der Waals surface area contributed by atoms with Crippen LogP contribution in [0.3, 0.4) is 0 Å². The summed E-state index contributed by atoms with van der Waals surface area (Å²) in [6.07, 6.45) is 0. The summed E-state index contributed by atoms with van der Waals surface area (Å²) in [7, 11) is 1.67. The number of nitrogens with zero attached hydrogens (tertiary/aromatic N) is 2. The summed E-state index contributed by atoms with van der Waals surface area (Å²) in [4.78, 5) is 9.01. The van der Waals surface area contributed by atoms with Gasteiger partial charge in [0.2, 0.25) is 0 Å². The fourth-order valence-corrected chi connectivity index (χ4v) is 1.86. The third-order valence-corrected chi connectivity index (χ3v) is 2.82. The second kappa shape index (κ2) is 6.29. The molecule has 0 aliphatic heterocycles. The van der Waals surface area contributed by atoms with Gasteiger partial charge >= 0.3 is 0 Å². The summed E-state index contributed by atoms with van der Waals surface area (Å²) in [6, 6.07) is 9.90. The van der Waals surface area contributed by atoms with Gasteiger partial charge in [-0.2, -0.15) is 0 Å². The number of hydrogen-bond donors (Lipinski definition) is 1. The van der Waals surface area contributed by atoms with Crippen molar-refractivity contribution in [3.05, 3.63) is 41.9 Å². The van der Waals surface area contributed by atoms with Gasteiger partial charge < -0.3 is 10.1 Å². The minimum atomic E-state index is 0.696. The lowest BCUT2D eigenvalue weighted by atomic mass is 10.1. The van der Waals surface area contributed by atoms with Crippen LogP contribution in [0.4, 0.5) is 0 Å². The van der Waals surface area contributed by atoms with Crippen molar-refractivity contribution in [1.82, 2.24) is 15.3 Å². The predicted molar refractivity (Wildman–Crippen MR) is 76.1 cm³/mol. The van der Waals surface area contributed by atoms with Gasteiger partial charge in [0.25, 0.3) is 0 Å². The minimum absolute atomic E-state index is 0.696. The van der Waals surface area contributed by atoms with Crippen LogP contribution in [0.5, 0.6) is 5.75 Å². The van der Waals surface area contributed by atoms with Crippen molar-refractivity contribution >= 4 is 0 Å². The molecule has 100 valence electrons. The molecule has 19 heavy (non-hydrogen) atoms. The van der Waals surface area contributed by atoms with Crippen LogP contribution in [0.25, 0.3) is 11.3 Å². The standard InChI is InChI=1S/C15H19N3O/c1-4-16-10-15-17-11(2)9-14(18-15)12-5-7-13(19-3)8-6-12/h5-9,16H,4,10H2,1-3H3. The summed E-state index contributed by atoms with van der Waals surface area (Å²) in [5.41, 5.74) is 3.00. The van der Waals surface area contributed by atoms with Gasteiger partial charge in [-0.15, -0.1) is 0 Å². The molecular formula is C15H19N3O. The van der Waals surface area contributed by atoms with E-state index in [9.17, 15) is 0 Å². The van der Waals surface area contributed by atoms with Gasteiger partial charge in [0.05, 0.1) is 19.3 Å². The van der Waals surface area contributed by atoms with E-state index in [0.717, 1.165) is 35.1 Å². The Morgan fingerprint density at radius 2 is 1.89 bits per heavy atom. The van der Waals surface area contributed by atoms with E-state index in [1.54, 1.807) is 7.11 Å². The molecule has 0 amide bonds. The van der Waals surface area contributed by atoms with Crippen LogP contribution in [0.2, 0.25) is 0 Å². The largest absolute Gasteiger partial charge is 0.497 e. The molecule has 1 heterocycles. The Bertz CT molecular complexity index is 538. The van der Waals surface area contributed by atoms with Crippen molar-refractivity contribution in [2.45, 2.75) is 20.4 Å². The summed E-state index contributed by atoms with van der Waals surface area (Å²) >= 11 is 0. The molecule has 0 bridgehead atoms. The van der Waals surface area contributed by atoms with Gasteiger partial charge in [0.15, 0.2) is 0 Å². The maximum absolute atomic E-state index is 5.16. The molecule has 0 fully saturated rings. The quantitative estimate of drug-likeness (QED) is 0.894. The van der Waals surface area contributed by atoms with E-state index < -0.39 is 0 Å². The SMILES string of the molecule is CCNCc1nc(C)cc(-c2ccc(OC)cc2)n1. The Labute approximate surface area is 113 Å². The Morgan fingerprint density at radius 3 is 2.53 bits per heavy atom. The Balaban J connectivity index is 2.29. The van der Waals surface area contributed by atoms with E-state index in [4.69, 9.17) is 4.74 Å². The number of rotatable bonds is 5. The van der Waals surface area contributed by atoms with Crippen LogP contribution >= 0.6 is 0 Å². The number of hydrogen-bond acceptors (Lipinski definition) is 4. The van der Waals surface area contributed by atoms with Crippen molar-refractivity contribution in [3.63, 3.8) is 0 Å². The van der Waals surface area contributed by atoms with Gasteiger partial charge in [-0.3, -0.25) is 0 Å². The zero-order chi connectivity index (χ0) is 13.7. The first-order chi connectivity index (χ1) is 9.22. The van der Waals surface area contributed by atoms with Crippen molar-refractivity contribution in [2.24, 2.45) is 0 Å². The van der Waals surface area contributed by atoms with Gasteiger partial charge in [0, 0.05) is 11.3 Å². The Kier molecular flexibility index (Phi) is 4.47. The van der Waals surface area contributed by atoms with E-state index in [0.29, 0.717) is 6.54 Å². The zero-order valence-electron chi connectivity index (χ0n) is 11.6. The fourth-order valence-electron chi connectivity index (χ4n) is 1.86. The summed E-state index contributed by atoms with van der Waals surface area (Å²) in [6.45, 7) is 5.67. The van der Waals surface area contributed by atoms with Crippen LogP contribution in [0.1, 0.15) is 18.4 Å². The first kappa shape index (κ1) is 13.5. The second-order valence-corrected chi connectivity index (χ2v) is 4.32. The van der Waals surface area contributed by atoms with Gasteiger partial charge in [0.1, 0.15) is 11.6 Å². The van der Waals surface area contributed by atoms with Gasteiger partial charge in [-0.1, -0.05) is 6.92 Å². The van der Waals surface area contributed by atoms with Crippen molar-refractivity contribution in [3.8, 4) is 17.0 Å². The molecule has 2 rings (SSSR count). The highest BCUT2D eigenvalue weighted by Gasteiger charge is 2.04. The number of nitrogens with one attached hydrogen (secondary N) is 1. The zero-order valence-corrected chi connectivity index (χ0v) is 11.6. The number of methoxy groups -OCH3 is 1. The number of aryl methyl sites for hydroxylation is 1. The Morgan fingerprint density at radius 1 is 1.16 bits per heavy atom. The summed E-state index contributed by atoms with van der Waals surface area (Å²) < 4.78 is 5.16. The lowest BCUT2D eigenvalue weighted by Crippen LogP contribution is -2.15. The molecule has 0 aliphatic rings. The van der Waals surface area contributed by atoms with Gasteiger partial charge in [-0.25, -0.2) is 9.97 Å². The van der Waals surface area contributed by atoms with Crippen molar-refractivity contribution in [2.75, 3.05) is 13.7 Å². The molecule has 1 aromatic heterocycles. The second-order valence-electron chi connectivity index (χ2n) is 4.32. The van der Waals surface area contributed by atoms with E-state index in [-0.39, 0.29) is 0 Å². The molecule has 0 saturated carbocycles. The molecule has 0 unspecified atom stereocenters. The van der Waals surface area contributed by atoms with Crippen LogP contribution in [-0.2, 0) is 6.54 Å².